The minimum absolute atomic E-state index is 0.368. The molecule has 0 saturated carbocycles. The molecular formula is C16H16FNO3. The van der Waals surface area contributed by atoms with Gasteiger partial charge in [-0.3, -0.25) is 0 Å². The summed E-state index contributed by atoms with van der Waals surface area (Å²) >= 11 is 0. The lowest BCUT2D eigenvalue weighted by molar-refractivity contribution is -0.138. The predicted octanol–water partition coefficient (Wildman–Crippen LogP) is 3.38. The van der Waals surface area contributed by atoms with Crippen LogP contribution in [0.4, 0.5) is 10.1 Å². The van der Waals surface area contributed by atoms with Crippen molar-refractivity contribution in [2.24, 2.45) is 0 Å². The Morgan fingerprint density at radius 1 is 1.24 bits per heavy atom. The summed E-state index contributed by atoms with van der Waals surface area (Å²) in [6.45, 7) is 1.85. The molecule has 0 heterocycles. The molecule has 4 nitrogen and oxygen atoms in total. The van der Waals surface area contributed by atoms with Gasteiger partial charge in [0, 0.05) is 5.69 Å². The summed E-state index contributed by atoms with van der Waals surface area (Å²) in [7, 11) is 1.56. The summed E-state index contributed by atoms with van der Waals surface area (Å²) < 4.78 is 18.0. The fraction of sp³-hybridized carbons (Fsp3) is 0.188. The lowest BCUT2D eigenvalue weighted by Gasteiger charge is -2.17. The van der Waals surface area contributed by atoms with E-state index in [4.69, 9.17) is 4.74 Å². The maximum Gasteiger partial charge on any atom is 0.330 e. The number of carboxylic acids is 1. The van der Waals surface area contributed by atoms with Crippen LogP contribution in [0.1, 0.15) is 17.2 Å². The standard InChI is InChI=1S/C16H16FNO3/c1-10-9-11(3-8-14(10)21-2)15(16(19)20)18-13-6-4-12(17)5-7-13/h3-9,15,18H,1-2H3,(H,19,20). The maximum atomic E-state index is 12.9. The predicted molar refractivity (Wildman–Crippen MR) is 78.1 cm³/mol. The number of halogens is 1. The molecule has 0 radical (unpaired) electrons. The van der Waals surface area contributed by atoms with Crippen molar-refractivity contribution in [2.75, 3.05) is 12.4 Å². The van der Waals surface area contributed by atoms with Crippen molar-refractivity contribution in [3.05, 3.63) is 59.4 Å². The van der Waals surface area contributed by atoms with E-state index in [9.17, 15) is 14.3 Å². The van der Waals surface area contributed by atoms with Gasteiger partial charge in [0.25, 0.3) is 0 Å². The monoisotopic (exact) mass is 289 g/mol. The van der Waals surface area contributed by atoms with Gasteiger partial charge < -0.3 is 15.2 Å². The van der Waals surface area contributed by atoms with Gasteiger partial charge in [0.2, 0.25) is 0 Å². The largest absolute Gasteiger partial charge is 0.496 e. The molecule has 0 aliphatic heterocycles. The average Bonchev–Trinajstić information content (AvgIpc) is 2.46. The first-order valence-corrected chi connectivity index (χ1v) is 6.40. The molecule has 21 heavy (non-hydrogen) atoms. The van der Waals surface area contributed by atoms with Crippen molar-refractivity contribution >= 4 is 11.7 Å². The number of hydrogen-bond acceptors (Lipinski definition) is 3. The zero-order valence-electron chi connectivity index (χ0n) is 11.8. The van der Waals surface area contributed by atoms with Crippen molar-refractivity contribution < 1.29 is 19.0 Å². The Hall–Kier alpha value is -2.56. The Morgan fingerprint density at radius 2 is 1.90 bits per heavy atom. The minimum Gasteiger partial charge on any atom is -0.496 e. The molecule has 2 N–H and O–H groups in total. The fourth-order valence-corrected chi connectivity index (χ4v) is 2.08. The molecule has 0 aliphatic carbocycles. The molecule has 1 atom stereocenters. The molecule has 0 fully saturated rings. The van der Waals surface area contributed by atoms with Crippen molar-refractivity contribution in [3.8, 4) is 5.75 Å². The van der Waals surface area contributed by atoms with Crippen LogP contribution in [-0.2, 0) is 4.79 Å². The second-order valence-corrected chi connectivity index (χ2v) is 4.65. The summed E-state index contributed by atoms with van der Waals surface area (Å²) in [5.41, 5.74) is 1.99. The van der Waals surface area contributed by atoms with Crippen LogP contribution in [0.25, 0.3) is 0 Å². The second kappa shape index (κ2) is 6.26. The fourth-order valence-electron chi connectivity index (χ4n) is 2.08. The van der Waals surface area contributed by atoms with Crippen molar-refractivity contribution in [3.63, 3.8) is 0 Å². The van der Waals surface area contributed by atoms with Gasteiger partial charge in [0.05, 0.1) is 7.11 Å². The van der Waals surface area contributed by atoms with E-state index in [2.05, 4.69) is 5.32 Å². The third-order valence-electron chi connectivity index (χ3n) is 3.15. The number of benzene rings is 2. The molecule has 0 amide bonds. The number of rotatable bonds is 5. The first-order chi connectivity index (χ1) is 10.0. The Labute approximate surface area is 122 Å². The molecule has 0 spiro atoms. The Bertz CT molecular complexity index is 640. The van der Waals surface area contributed by atoms with E-state index in [1.165, 1.54) is 24.3 Å². The highest BCUT2D eigenvalue weighted by Crippen LogP contribution is 2.25. The highest BCUT2D eigenvalue weighted by atomic mass is 19.1. The quantitative estimate of drug-likeness (QED) is 0.886. The summed E-state index contributed by atoms with van der Waals surface area (Å²) in [5, 5.41) is 12.3. The number of aryl methyl sites for hydroxylation is 1. The van der Waals surface area contributed by atoms with Crippen LogP contribution in [0.2, 0.25) is 0 Å². The number of aliphatic carboxylic acids is 1. The summed E-state index contributed by atoms with van der Waals surface area (Å²) in [5.74, 6) is -0.679. The van der Waals surface area contributed by atoms with Crippen LogP contribution in [0.5, 0.6) is 5.75 Å². The summed E-state index contributed by atoms with van der Waals surface area (Å²) in [6, 6.07) is 9.83. The van der Waals surface area contributed by atoms with Gasteiger partial charge in [-0.15, -0.1) is 0 Å². The number of anilines is 1. The Morgan fingerprint density at radius 3 is 2.43 bits per heavy atom. The van der Waals surface area contributed by atoms with Crippen LogP contribution in [0.15, 0.2) is 42.5 Å². The number of hydrogen-bond donors (Lipinski definition) is 2. The minimum atomic E-state index is -1.01. The van der Waals surface area contributed by atoms with Crippen LogP contribution in [-0.4, -0.2) is 18.2 Å². The molecule has 0 bridgehead atoms. The molecule has 0 aliphatic rings. The van der Waals surface area contributed by atoms with E-state index in [-0.39, 0.29) is 5.82 Å². The number of carbonyl (C=O) groups is 1. The molecule has 2 aromatic rings. The van der Waals surface area contributed by atoms with Gasteiger partial charge >= 0.3 is 5.97 Å². The van der Waals surface area contributed by atoms with E-state index in [1.54, 1.807) is 25.3 Å². The van der Waals surface area contributed by atoms with Gasteiger partial charge in [-0.1, -0.05) is 6.07 Å². The first-order valence-electron chi connectivity index (χ1n) is 6.40. The molecule has 110 valence electrons. The van der Waals surface area contributed by atoms with Gasteiger partial charge in [0.1, 0.15) is 11.6 Å². The van der Waals surface area contributed by atoms with Crippen LogP contribution in [0, 0.1) is 12.7 Å². The molecule has 1 unspecified atom stereocenters. The van der Waals surface area contributed by atoms with E-state index in [0.717, 1.165) is 5.56 Å². The van der Waals surface area contributed by atoms with Gasteiger partial charge in [0.15, 0.2) is 6.04 Å². The molecule has 0 aromatic heterocycles. The summed E-state index contributed by atoms with van der Waals surface area (Å²) in [4.78, 5) is 11.5. The van der Waals surface area contributed by atoms with E-state index in [0.29, 0.717) is 17.0 Å². The van der Waals surface area contributed by atoms with E-state index < -0.39 is 12.0 Å². The second-order valence-electron chi connectivity index (χ2n) is 4.65. The van der Waals surface area contributed by atoms with Crippen LogP contribution in [0.3, 0.4) is 0 Å². The molecule has 2 aromatic carbocycles. The van der Waals surface area contributed by atoms with Crippen molar-refractivity contribution in [2.45, 2.75) is 13.0 Å². The maximum absolute atomic E-state index is 12.9. The lowest BCUT2D eigenvalue weighted by Crippen LogP contribution is -2.20. The number of nitrogens with one attached hydrogen (secondary N) is 1. The van der Waals surface area contributed by atoms with Crippen molar-refractivity contribution in [1.29, 1.82) is 0 Å². The topological polar surface area (TPSA) is 58.6 Å². The number of carboxylic acid groups (broad SMARTS) is 1. The average molecular weight is 289 g/mol. The van der Waals surface area contributed by atoms with Gasteiger partial charge in [-0.05, 0) is 54.4 Å². The van der Waals surface area contributed by atoms with E-state index >= 15 is 0 Å². The third kappa shape index (κ3) is 3.51. The number of ether oxygens (including phenoxy) is 1. The summed E-state index contributed by atoms with van der Waals surface area (Å²) in [6.07, 6.45) is 0. The highest BCUT2D eigenvalue weighted by Gasteiger charge is 2.20. The Kier molecular flexibility index (Phi) is 4.42. The normalized spacial score (nSPS) is 11.8. The molecule has 5 heteroatoms. The molecule has 0 saturated heterocycles. The smallest absolute Gasteiger partial charge is 0.330 e. The lowest BCUT2D eigenvalue weighted by atomic mass is 10.0. The van der Waals surface area contributed by atoms with Gasteiger partial charge in [-0.2, -0.15) is 0 Å². The Balaban J connectivity index is 2.28. The highest BCUT2D eigenvalue weighted by molar-refractivity contribution is 5.79. The van der Waals surface area contributed by atoms with Gasteiger partial charge in [-0.25, -0.2) is 9.18 Å². The first kappa shape index (κ1) is 14.8. The van der Waals surface area contributed by atoms with Crippen LogP contribution >= 0.6 is 0 Å². The zero-order valence-corrected chi connectivity index (χ0v) is 11.8. The van der Waals surface area contributed by atoms with Crippen LogP contribution < -0.4 is 10.1 Å². The van der Waals surface area contributed by atoms with E-state index in [1.807, 2.05) is 6.92 Å². The third-order valence-corrected chi connectivity index (χ3v) is 3.15. The SMILES string of the molecule is COc1ccc(C(Nc2ccc(F)cc2)C(=O)O)cc1C. The van der Waals surface area contributed by atoms with Crippen molar-refractivity contribution in [1.82, 2.24) is 0 Å². The zero-order chi connectivity index (χ0) is 15.4. The molecular weight excluding hydrogens is 273 g/mol. The molecule has 2 rings (SSSR count). The number of methoxy groups -OCH3 is 1.